The summed E-state index contributed by atoms with van der Waals surface area (Å²) < 4.78 is 0. The standard InChI is InChI=1S/C18H21N5O2/c19-18(25)23(10-11-4-2-1-3-5-11)13-6-14-16-12(8-20-15(16)7-13)9-21-22-17(14)24/h6-9,11,20H,1-5,10H2,(H2,19,25)(H,22,24). The average Bonchev–Trinajstić information content (AvgIpc) is 2.94. The molecular formula is C18H21N5O2. The summed E-state index contributed by atoms with van der Waals surface area (Å²) in [5.74, 6) is 0.163. The van der Waals surface area contributed by atoms with E-state index in [0.29, 0.717) is 23.7 Å². The molecule has 1 aliphatic heterocycles. The van der Waals surface area contributed by atoms with Crippen molar-refractivity contribution in [3.8, 4) is 0 Å². The van der Waals surface area contributed by atoms with Gasteiger partial charge in [-0.3, -0.25) is 9.69 Å². The number of nitrogens with two attached hydrogens (primary N) is 1. The van der Waals surface area contributed by atoms with Gasteiger partial charge in [-0.2, -0.15) is 5.10 Å². The third kappa shape index (κ3) is 2.86. The predicted octanol–water partition coefficient (Wildman–Crippen LogP) is 2.71. The van der Waals surface area contributed by atoms with E-state index in [1.807, 2.05) is 6.07 Å². The summed E-state index contributed by atoms with van der Waals surface area (Å²) >= 11 is 0. The zero-order valence-corrected chi connectivity index (χ0v) is 13.9. The molecule has 0 unspecified atom stereocenters. The maximum atomic E-state index is 12.4. The van der Waals surface area contributed by atoms with Crippen LogP contribution in [0.2, 0.25) is 0 Å². The van der Waals surface area contributed by atoms with Gasteiger partial charge in [0.05, 0.1) is 11.8 Å². The highest BCUT2D eigenvalue weighted by atomic mass is 16.2. The minimum absolute atomic E-state index is 0.288. The Morgan fingerprint density at radius 3 is 2.84 bits per heavy atom. The van der Waals surface area contributed by atoms with Crippen molar-refractivity contribution >= 4 is 34.7 Å². The van der Waals surface area contributed by atoms with Crippen molar-refractivity contribution < 1.29 is 9.59 Å². The first-order valence-electron chi connectivity index (χ1n) is 8.69. The second-order valence-corrected chi connectivity index (χ2v) is 6.81. The maximum Gasteiger partial charge on any atom is 0.319 e. The van der Waals surface area contributed by atoms with E-state index < -0.39 is 6.03 Å². The van der Waals surface area contributed by atoms with Crippen LogP contribution in [0.4, 0.5) is 10.5 Å². The summed E-state index contributed by atoms with van der Waals surface area (Å²) in [7, 11) is 0. The number of primary amides is 1. The molecule has 7 nitrogen and oxygen atoms in total. The van der Waals surface area contributed by atoms with Crippen LogP contribution in [0.1, 0.15) is 48.0 Å². The fraction of sp³-hybridized carbons (Fsp3) is 0.389. The molecule has 25 heavy (non-hydrogen) atoms. The molecule has 0 bridgehead atoms. The van der Waals surface area contributed by atoms with Crippen molar-refractivity contribution in [2.75, 3.05) is 11.4 Å². The number of hydrogen-bond donors (Lipinski definition) is 3. The number of carbonyl (C=O) groups excluding carboxylic acids is 2. The molecule has 130 valence electrons. The van der Waals surface area contributed by atoms with Crippen LogP contribution in [-0.4, -0.2) is 29.7 Å². The Morgan fingerprint density at radius 1 is 1.28 bits per heavy atom. The molecule has 1 aromatic heterocycles. The van der Waals surface area contributed by atoms with E-state index in [1.165, 1.54) is 19.3 Å². The average molecular weight is 339 g/mol. The third-order valence-electron chi connectivity index (χ3n) is 5.15. The van der Waals surface area contributed by atoms with E-state index in [1.54, 1.807) is 23.4 Å². The quantitative estimate of drug-likeness (QED) is 0.800. The van der Waals surface area contributed by atoms with Crippen LogP contribution >= 0.6 is 0 Å². The van der Waals surface area contributed by atoms with Crippen LogP contribution in [0.15, 0.2) is 23.4 Å². The molecule has 0 spiro atoms. The Labute approximate surface area is 145 Å². The molecular weight excluding hydrogens is 318 g/mol. The van der Waals surface area contributed by atoms with Gasteiger partial charge < -0.3 is 10.7 Å². The monoisotopic (exact) mass is 339 g/mol. The lowest BCUT2D eigenvalue weighted by Gasteiger charge is -2.29. The lowest BCUT2D eigenvalue weighted by Crippen LogP contribution is -2.40. The van der Waals surface area contributed by atoms with Gasteiger partial charge in [0, 0.05) is 34.9 Å². The molecule has 2 heterocycles. The number of rotatable bonds is 3. The zero-order valence-electron chi connectivity index (χ0n) is 13.9. The van der Waals surface area contributed by atoms with Crippen LogP contribution < -0.4 is 16.1 Å². The molecule has 0 atom stereocenters. The SMILES string of the molecule is NC(=O)N(CC1CCCCC1)c1cc2c3c(c[nH]c3c1)C=NNC2=O. The van der Waals surface area contributed by atoms with Gasteiger partial charge in [-0.25, -0.2) is 10.2 Å². The summed E-state index contributed by atoms with van der Waals surface area (Å²) in [6.45, 7) is 0.589. The van der Waals surface area contributed by atoms with E-state index in [-0.39, 0.29) is 5.91 Å². The minimum atomic E-state index is -0.491. The van der Waals surface area contributed by atoms with E-state index >= 15 is 0 Å². The van der Waals surface area contributed by atoms with E-state index in [0.717, 1.165) is 29.3 Å². The van der Waals surface area contributed by atoms with Crippen LogP contribution in [-0.2, 0) is 0 Å². The number of benzene rings is 1. The van der Waals surface area contributed by atoms with Gasteiger partial charge in [-0.05, 0) is 30.9 Å². The predicted molar refractivity (Wildman–Crippen MR) is 96.9 cm³/mol. The van der Waals surface area contributed by atoms with Gasteiger partial charge in [0.15, 0.2) is 0 Å². The Bertz CT molecular complexity index is 864. The van der Waals surface area contributed by atoms with Crippen molar-refractivity contribution in [1.82, 2.24) is 10.4 Å². The van der Waals surface area contributed by atoms with Crippen molar-refractivity contribution in [1.29, 1.82) is 0 Å². The number of aromatic amines is 1. The molecule has 2 aromatic rings. The maximum absolute atomic E-state index is 12.4. The van der Waals surface area contributed by atoms with Crippen molar-refractivity contribution in [3.63, 3.8) is 0 Å². The smallest absolute Gasteiger partial charge is 0.319 e. The molecule has 1 saturated carbocycles. The Morgan fingerprint density at radius 2 is 2.08 bits per heavy atom. The molecule has 0 radical (unpaired) electrons. The summed E-state index contributed by atoms with van der Waals surface area (Å²) in [6.07, 6.45) is 9.29. The zero-order chi connectivity index (χ0) is 17.4. The molecule has 3 amide bonds. The lowest BCUT2D eigenvalue weighted by molar-refractivity contribution is 0.0957. The van der Waals surface area contributed by atoms with E-state index in [4.69, 9.17) is 5.73 Å². The first kappa shape index (κ1) is 15.7. The van der Waals surface area contributed by atoms with Crippen molar-refractivity contribution in [2.24, 2.45) is 16.8 Å². The second-order valence-electron chi connectivity index (χ2n) is 6.81. The summed E-state index contributed by atoms with van der Waals surface area (Å²) in [4.78, 5) is 29.2. The molecule has 4 N–H and O–H groups in total. The van der Waals surface area contributed by atoms with Crippen LogP contribution in [0.25, 0.3) is 10.9 Å². The van der Waals surface area contributed by atoms with Gasteiger partial charge in [-0.15, -0.1) is 0 Å². The number of hydrazone groups is 1. The Kier molecular flexibility index (Phi) is 3.91. The Hall–Kier alpha value is -2.83. The second kappa shape index (κ2) is 6.23. The number of aromatic nitrogens is 1. The van der Waals surface area contributed by atoms with Crippen LogP contribution in [0.3, 0.4) is 0 Å². The number of hydrogen-bond acceptors (Lipinski definition) is 3. The highest BCUT2D eigenvalue weighted by molar-refractivity contribution is 6.15. The van der Waals surface area contributed by atoms with Crippen molar-refractivity contribution in [3.05, 3.63) is 29.5 Å². The molecule has 7 heteroatoms. The number of anilines is 1. The molecule has 1 aliphatic carbocycles. The fourth-order valence-electron chi connectivity index (χ4n) is 3.89. The van der Waals surface area contributed by atoms with Crippen molar-refractivity contribution in [2.45, 2.75) is 32.1 Å². The summed E-state index contributed by atoms with van der Waals surface area (Å²) in [5, 5.41) is 4.73. The van der Waals surface area contributed by atoms with Gasteiger partial charge >= 0.3 is 6.03 Å². The molecule has 2 aliphatic rings. The van der Waals surface area contributed by atoms with E-state index in [2.05, 4.69) is 15.5 Å². The van der Waals surface area contributed by atoms with Gasteiger partial charge in [0.2, 0.25) is 0 Å². The molecule has 4 rings (SSSR count). The Balaban J connectivity index is 1.75. The van der Waals surface area contributed by atoms with Gasteiger partial charge in [-0.1, -0.05) is 19.3 Å². The van der Waals surface area contributed by atoms with Crippen LogP contribution in [0, 0.1) is 5.92 Å². The normalized spacial score (nSPS) is 17.4. The van der Waals surface area contributed by atoms with Crippen LogP contribution in [0.5, 0.6) is 0 Å². The highest BCUT2D eigenvalue weighted by Gasteiger charge is 2.24. The van der Waals surface area contributed by atoms with Gasteiger partial charge in [0.25, 0.3) is 5.91 Å². The number of urea groups is 1. The largest absolute Gasteiger partial charge is 0.360 e. The number of nitrogens with one attached hydrogen (secondary N) is 2. The minimum Gasteiger partial charge on any atom is -0.360 e. The lowest BCUT2D eigenvalue weighted by atomic mass is 9.89. The van der Waals surface area contributed by atoms with E-state index in [9.17, 15) is 9.59 Å². The first-order valence-corrected chi connectivity index (χ1v) is 8.69. The third-order valence-corrected chi connectivity index (χ3v) is 5.15. The summed E-state index contributed by atoms with van der Waals surface area (Å²) in [5.41, 5.74) is 10.9. The number of amides is 3. The number of carbonyl (C=O) groups is 2. The molecule has 1 aromatic carbocycles. The number of H-pyrrole nitrogens is 1. The molecule has 0 saturated heterocycles. The first-order chi connectivity index (χ1) is 12.1. The summed E-state index contributed by atoms with van der Waals surface area (Å²) in [6, 6.07) is 3.12. The molecule has 1 fully saturated rings. The number of nitrogens with zero attached hydrogens (tertiary/aromatic N) is 2. The topological polar surface area (TPSA) is 104 Å². The fourth-order valence-corrected chi connectivity index (χ4v) is 3.89. The highest BCUT2D eigenvalue weighted by Crippen LogP contribution is 2.31. The van der Waals surface area contributed by atoms with Gasteiger partial charge in [0.1, 0.15) is 0 Å².